The molecule has 2 aliphatic heterocycles. The molecule has 4 amide bonds. The van der Waals surface area contributed by atoms with Crippen LogP contribution in [0.3, 0.4) is 0 Å². The molecule has 0 radical (unpaired) electrons. The molecular weight excluding hydrogens is 292 g/mol. The Morgan fingerprint density at radius 1 is 1.48 bits per heavy atom. The van der Waals surface area contributed by atoms with Gasteiger partial charge in [0.05, 0.1) is 5.01 Å². The third kappa shape index (κ3) is 3.05. The molecule has 0 saturated carbocycles. The smallest absolute Gasteiger partial charge is 0.325 e. The quantitative estimate of drug-likeness (QED) is 0.820. The molecule has 0 unspecified atom stereocenters. The number of rotatable bonds is 3. The summed E-state index contributed by atoms with van der Waals surface area (Å²) in [6.07, 6.45) is 3.74. The summed E-state index contributed by atoms with van der Waals surface area (Å²) in [5.74, 6) is -0.190. The van der Waals surface area contributed by atoms with Crippen LogP contribution in [0.5, 0.6) is 0 Å². The molecule has 0 bridgehead atoms. The Morgan fingerprint density at radius 3 is 3.00 bits per heavy atom. The molecule has 1 aromatic rings. The van der Waals surface area contributed by atoms with Crippen LogP contribution in [0.1, 0.15) is 23.8 Å². The molecule has 3 heterocycles. The zero-order valence-corrected chi connectivity index (χ0v) is 12.3. The van der Waals surface area contributed by atoms with Crippen LogP contribution in [0, 0.1) is 0 Å². The van der Waals surface area contributed by atoms with Gasteiger partial charge in [0.15, 0.2) is 0 Å². The van der Waals surface area contributed by atoms with Crippen molar-refractivity contribution in [1.29, 1.82) is 0 Å². The van der Waals surface area contributed by atoms with E-state index in [0.29, 0.717) is 13.1 Å². The zero-order chi connectivity index (χ0) is 14.8. The van der Waals surface area contributed by atoms with E-state index >= 15 is 0 Å². The van der Waals surface area contributed by atoms with Gasteiger partial charge in [0, 0.05) is 30.6 Å². The summed E-state index contributed by atoms with van der Waals surface area (Å²) >= 11 is 1.61. The van der Waals surface area contributed by atoms with Crippen LogP contribution in [0.4, 0.5) is 4.79 Å². The minimum Gasteiger partial charge on any atom is -0.340 e. The van der Waals surface area contributed by atoms with Crippen molar-refractivity contribution in [1.82, 2.24) is 20.1 Å². The number of piperidine rings is 1. The molecule has 2 fully saturated rings. The van der Waals surface area contributed by atoms with E-state index in [4.69, 9.17) is 0 Å². The lowest BCUT2D eigenvalue weighted by molar-refractivity contribution is -0.132. The molecule has 2 aliphatic rings. The fraction of sp³-hybridized carbons (Fsp3) is 0.538. The number of urea groups is 1. The molecule has 3 rings (SSSR count). The fourth-order valence-electron chi connectivity index (χ4n) is 2.72. The Bertz CT molecular complexity index is 560. The van der Waals surface area contributed by atoms with Gasteiger partial charge in [-0.15, -0.1) is 11.3 Å². The SMILES string of the molecule is O=C1CN(CC(=O)N2CCC[C@H](c3nccs3)C2)C(=O)N1. The number of aromatic nitrogens is 1. The van der Waals surface area contributed by atoms with Gasteiger partial charge in [-0.05, 0) is 12.8 Å². The van der Waals surface area contributed by atoms with Crippen molar-refractivity contribution < 1.29 is 14.4 Å². The second-order valence-electron chi connectivity index (χ2n) is 5.26. The minimum atomic E-state index is -0.484. The number of carbonyl (C=O) groups is 3. The topological polar surface area (TPSA) is 82.6 Å². The molecule has 7 nitrogen and oxygen atoms in total. The van der Waals surface area contributed by atoms with E-state index in [1.165, 1.54) is 4.90 Å². The van der Waals surface area contributed by atoms with Crippen molar-refractivity contribution >= 4 is 29.2 Å². The minimum absolute atomic E-state index is 0.0334. The monoisotopic (exact) mass is 308 g/mol. The van der Waals surface area contributed by atoms with Crippen molar-refractivity contribution in [2.24, 2.45) is 0 Å². The van der Waals surface area contributed by atoms with Gasteiger partial charge >= 0.3 is 6.03 Å². The number of amides is 4. The Hall–Kier alpha value is -1.96. The van der Waals surface area contributed by atoms with E-state index in [-0.39, 0.29) is 30.8 Å². The Balaban J connectivity index is 1.59. The van der Waals surface area contributed by atoms with E-state index < -0.39 is 6.03 Å². The average Bonchev–Trinajstić information content (AvgIpc) is 3.09. The number of hydrogen-bond acceptors (Lipinski definition) is 5. The van der Waals surface area contributed by atoms with Crippen molar-refractivity contribution in [3.05, 3.63) is 16.6 Å². The van der Waals surface area contributed by atoms with Crippen molar-refractivity contribution in [3.8, 4) is 0 Å². The van der Waals surface area contributed by atoms with Crippen molar-refractivity contribution in [2.75, 3.05) is 26.2 Å². The van der Waals surface area contributed by atoms with Crippen LogP contribution in [0.15, 0.2) is 11.6 Å². The number of thiazole rings is 1. The lowest BCUT2D eigenvalue weighted by Gasteiger charge is -2.32. The summed E-state index contributed by atoms with van der Waals surface area (Å²) < 4.78 is 0. The highest BCUT2D eigenvalue weighted by atomic mass is 32.1. The van der Waals surface area contributed by atoms with E-state index in [1.807, 2.05) is 5.38 Å². The highest BCUT2D eigenvalue weighted by Crippen LogP contribution is 2.28. The predicted molar refractivity (Wildman–Crippen MR) is 75.8 cm³/mol. The standard InChI is InChI=1S/C13H16N4O3S/c18-10-7-17(13(20)15-10)8-11(19)16-4-1-2-9(6-16)12-14-3-5-21-12/h3,5,9H,1-2,4,6-8H2,(H,15,18,20)/t9-/m0/s1. The molecule has 0 spiro atoms. The second-order valence-corrected chi connectivity index (χ2v) is 6.18. The maximum atomic E-state index is 12.3. The zero-order valence-electron chi connectivity index (χ0n) is 11.4. The maximum Gasteiger partial charge on any atom is 0.325 e. The predicted octanol–water partition coefficient (Wildman–Crippen LogP) is 0.401. The van der Waals surface area contributed by atoms with Gasteiger partial charge < -0.3 is 9.80 Å². The van der Waals surface area contributed by atoms with E-state index in [9.17, 15) is 14.4 Å². The largest absolute Gasteiger partial charge is 0.340 e. The summed E-state index contributed by atoms with van der Waals surface area (Å²) in [7, 11) is 0. The first-order valence-corrected chi connectivity index (χ1v) is 7.77. The Labute approximate surface area is 125 Å². The number of hydrogen-bond donors (Lipinski definition) is 1. The normalized spacial score (nSPS) is 22.6. The summed E-state index contributed by atoms with van der Waals surface area (Å²) in [5.41, 5.74) is 0. The fourth-order valence-corrected chi connectivity index (χ4v) is 3.48. The summed E-state index contributed by atoms with van der Waals surface area (Å²) in [5, 5.41) is 5.17. The van der Waals surface area contributed by atoms with E-state index in [1.54, 1.807) is 22.4 Å². The Kier molecular flexibility index (Phi) is 3.87. The molecule has 112 valence electrons. The highest BCUT2D eigenvalue weighted by Gasteiger charge is 2.32. The number of nitrogens with zero attached hydrogens (tertiary/aromatic N) is 3. The summed E-state index contributed by atoms with van der Waals surface area (Å²) in [4.78, 5) is 42.2. The molecule has 1 N–H and O–H groups in total. The molecule has 0 aliphatic carbocycles. The molecule has 1 aromatic heterocycles. The second kappa shape index (κ2) is 5.80. The lowest BCUT2D eigenvalue weighted by Crippen LogP contribution is -2.45. The number of carbonyl (C=O) groups excluding carboxylic acids is 3. The lowest BCUT2D eigenvalue weighted by atomic mass is 9.98. The first-order chi connectivity index (χ1) is 10.1. The number of nitrogens with one attached hydrogen (secondary N) is 1. The molecule has 8 heteroatoms. The average molecular weight is 308 g/mol. The van der Waals surface area contributed by atoms with Crippen LogP contribution >= 0.6 is 11.3 Å². The van der Waals surface area contributed by atoms with Gasteiger partial charge in [-0.3, -0.25) is 14.9 Å². The first-order valence-electron chi connectivity index (χ1n) is 6.89. The van der Waals surface area contributed by atoms with Crippen LogP contribution in [-0.4, -0.2) is 58.8 Å². The van der Waals surface area contributed by atoms with Gasteiger partial charge in [0.1, 0.15) is 13.1 Å². The van der Waals surface area contributed by atoms with Gasteiger partial charge in [-0.2, -0.15) is 0 Å². The third-order valence-electron chi connectivity index (χ3n) is 3.77. The van der Waals surface area contributed by atoms with Gasteiger partial charge in [0.2, 0.25) is 11.8 Å². The number of imide groups is 1. The van der Waals surface area contributed by atoms with E-state index in [0.717, 1.165) is 17.8 Å². The van der Waals surface area contributed by atoms with Gasteiger partial charge in [0.25, 0.3) is 0 Å². The maximum absolute atomic E-state index is 12.3. The molecule has 1 atom stereocenters. The number of likely N-dealkylation sites (tertiary alicyclic amines) is 1. The molecular formula is C13H16N4O3S. The highest BCUT2D eigenvalue weighted by molar-refractivity contribution is 7.09. The van der Waals surface area contributed by atoms with Crippen molar-refractivity contribution in [2.45, 2.75) is 18.8 Å². The molecule has 21 heavy (non-hydrogen) atoms. The molecule has 2 saturated heterocycles. The van der Waals surface area contributed by atoms with Gasteiger partial charge in [-0.1, -0.05) is 0 Å². The van der Waals surface area contributed by atoms with E-state index in [2.05, 4.69) is 10.3 Å². The van der Waals surface area contributed by atoms with Crippen LogP contribution in [-0.2, 0) is 9.59 Å². The van der Waals surface area contributed by atoms with Gasteiger partial charge in [-0.25, -0.2) is 9.78 Å². The van der Waals surface area contributed by atoms with Crippen LogP contribution < -0.4 is 5.32 Å². The van der Waals surface area contributed by atoms with Crippen LogP contribution in [0.2, 0.25) is 0 Å². The molecule has 0 aromatic carbocycles. The summed E-state index contributed by atoms with van der Waals surface area (Å²) in [6, 6.07) is -0.484. The third-order valence-corrected chi connectivity index (χ3v) is 4.71. The van der Waals surface area contributed by atoms with Crippen LogP contribution in [0.25, 0.3) is 0 Å². The van der Waals surface area contributed by atoms with Crippen molar-refractivity contribution in [3.63, 3.8) is 0 Å². The summed E-state index contributed by atoms with van der Waals surface area (Å²) in [6.45, 7) is 1.26. The first kappa shape index (κ1) is 14.0. The Morgan fingerprint density at radius 2 is 2.33 bits per heavy atom.